The van der Waals surface area contributed by atoms with Gasteiger partial charge in [0.2, 0.25) is 0 Å². The van der Waals surface area contributed by atoms with E-state index >= 15 is 0 Å². The van der Waals surface area contributed by atoms with Crippen LogP contribution < -0.4 is 10.6 Å². The summed E-state index contributed by atoms with van der Waals surface area (Å²) >= 11 is 0. The van der Waals surface area contributed by atoms with Gasteiger partial charge in [-0.2, -0.15) is 5.10 Å². The van der Waals surface area contributed by atoms with Crippen LogP contribution in [0.1, 0.15) is 29.7 Å². The Morgan fingerprint density at radius 3 is 2.80 bits per heavy atom. The summed E-state index contributed by atoms with van der Waals surface area (Å²) in [5, 5.41) is 18.4. The lowest BCUT2D eigenvalue weighted by Gasteiger charge is -2.15. The van der Waals surface area contributed by atoms with Gasteiger partial charge < -0.3 is 10.6 Å². The summed E-state index contributed by atoms with van der Waals surface area (Å²) < 4.78 is 3.72. The van der Waals surface area contributed by atoms with Crippen molar-refractivity contribution in [3.05, 3.63) is 47.2 Å². The number of urea groups is 1. The second kappa shape index (κ2) is 6.92. The first kappa shape index (κ1) is 16.9. The molecule has 0 fully saturated rings. The maximum Gasteiger partial charge on any atom is 0.315 e. The molecule has 0 aliphatic carbocycles. The molecule has 8 nitrogen and oxygen atoms in total. The van der Waals surface area contributed by atoms with Crippen LogP contribution in [0.25, 0.3) is 5.65 Å². The van der Waals surface area contributed by atoms with Gasteiger partial charge in [-0.15, -0.1) is 10.2 Å². The molecule has 0 aromatic carbocycles. The SMILES string of the molecule is Cc1nn(C)c(C)c1C[C@@H](C)NC(=O)NCc1nnc2ccccn12. The lowest BCUT2D eigenvalue weighted by Crippen LogP contribution is -2.41. The third-order valence-corrected chi connectivity index (χ3v) is 4.34. The van der Waals surface area contributed by atoms with Crippen LogP contribution in [0.3, 0.4) is 0 Å². The number of aromatic nitrogens is 5. The summed E-state index contributed by atoms with van der Waals surface area (Å²) in [7, 11) is 1.93. The fourth-order valence-corrected chi connectivity index (χ4v) is 2.92. The van der Waals surface area contributed by atoms with Gasteiger partial charge in [0.15, 0.2) is 11.5 Å². The fraction of sp³-hybridized carbons (Fsp3) is 0.412. The number of rotatable bonds is 5. The van der Waals surface area contributed by atoms with E-state index in [2.05, 4.69) is 25.9 Å². The Labute approximate surface area is 146 Å². The highest BCUT2D eigenvalue weighted by Crippen LogP contribution is 2.14. The van der Waals surface area contributed by atoms with Crippen molar-refractivity contribution in [3.63, 3.8) is 0 Å². The standard InChI is InChI=1S/C17H23N7O/c1-11(9-14-12(2)22-23(4)13(14)3)19-17(25)18-10-16-21-20-15-7-5-6-8-24(15)16/h5-8,11H,9-10H2,1-4H3,(H2,18,19,25)/t11-/m1/s1. The molecule has 0 radical (unpaired) electrons. The highest BCUT2D eigenvalue weighted by Gasteiger charge is 2.15. The second-order valence-electron chi connectivity index (χ2n) is 6.25. The first-order valence-corrected chi connectivity index (χ1v) is 8.27. The van der Waals surface area contributed by atoms with Crippen LogP contribution in [0.5, 0.6) is 0 Å². The lowest BCUT2D eigenvalue weighted by atomic mass is 10.1. The smallest absolute Gasteiger partial charge is 0.315 e. The van der Waals surface area contributed by atoms with Gasteiger partial charge >= 0.3 is 6.03 Å². The van der Waals surface area contributed by atoms with E-state index in [0.717, 1.165) is 23.5 Å². The van der Waals surface area contributed by atoms with Crippen molar-refractivity contribution in [2.24, 2.45) is 7.05 Å². The van der Waals surface area contributed by atoms with Crippen LogP contribution >= 0.6 is 0 Å². The summed E-state index contributed by atoms with van der Waals surface area (Å²) in [6, 6.07) is 5.45. The third kappa shape index (κ3) is 3.62. The topological polar surface area (TPSA) is 89.1 Å². The number of pyridine rings is 1. The van der Waals surface area contributed by atoms with Crippen molar-refractivity contribution in [2.45, 2.75) is 39.8 Å². The Morgan fingerprint density at radius 1 is 1.28 bits per heavy atom. The van der Waals surface area contributed by atoms with E-state index in [1.807, 2.05) is 61.3 Å². The maximum atomic E-state index is 12.1. The summed E-state index contributed by atoms with van der Waals surface area (Å²) in [5.74, 6) is 0.692. The van der Waals surface area contributed by atoms with E-state index in [1.54, 1.807) is 0 Å². The third-order valence-electron chi connectivity index (χ3n) is 4.34. The Kier molecular flexibility index (Phi) is 4.69. The summed E-state index contributed by atoms with van der Waals surface area (Å²) in [6.07, 6.45) is 2.62. The highest BCUT2D eigenvalue weighted by atomic mass is 16.2. The summed E-state index contributed by atoms with van der Waals surface area (Å²) in [5.41, 5.74) is 4.07. The van der Waals surface area contributed by atoms with Gasteiger partial charge in [0, 0.05) is 25.0 Å². The van der Waals surface area contributed by atoms with Gasteiger partial charge in [-0.05, 0) is 44.9 Å². The predicted octanol–water partition coefficient (Wildman–Crippen LogP) is 1.51. The van der Waals surface area contributed by atoms with Crippen molar-refractivity contribution in [3.8, 4) is 0 Å². The highest BCUT2D eigenvalue weighted by molar-refractivity contribution is 5.74. The molecule has 3 heterocycles. The molecule has 0 aliphatic rings. The van der Waals surface area contributed by atoms with Gasteiger partial charge in [-0.25, -0.2) is 4.79 Å². The van der Waals surface area contributed by atoms with E-state index in [-0.39, 0.29) is 12.1 Å². The van der Waals surface area contributed by atoms with E-state index in [9.17, 15) is 4.79 Å². The zero-order chi connectivity index (χ0) is 18.0. The second-order valence-corrected chi connectivity index (χ2v) is 6.25. The molecule has 3 aromatic heterocycles. The monoisotopic (exact) mass is 341 g/mol. The van der Waals surface area contributed by atoms with E-state index in [0.29, 0.717) is 12.4 Å². The minimum atomic E-state index is -0.223. The number of carbonyl (C=O) groups excluding carboxylic acids is 1. The molecule has 132 valence electrons. The van der Waals surface area contributed by atoms with Crippen LogP contribution in [-0.4, -0.2) is 36.5 Å². The molecular formula is C17H23N7O. The van der Waals surface area contributed by atoms with Gasteiger partial charge in [-0.3, -0.25) is 9.08 Å². The quantitative estimate of drug-likeness (QED) is 0.736. The molecule has 2 amide bonds. The number of fused-ring (bicyclic) bond motifs is 1. The number of aryl methyl sites for hydroxylation is 2. The fourth-order valence-electron chi connectivity index (χ4n) is 2.92. The molecule has 3 aromatic rings. The number of nitrogens with zero attached hydrogens (tertiary/aromatic N) is 5. The van der Waals surface area contributed by atoms with Crippen molar-refractivity contribution in [1.82, 2.24) is 35.0 Å². The average Bonchev–Trinajstić information content (AvgIpc) is 3.09. The first-order chi connectivity index (χ1) is 12.0. The zero-order valence-electron chi connectivity index (χ0n) is 14.9. The number of amides is 2. The molecule has 0 saturated carbocycles. The predicted molar refractivity (Wildman–Crippen MR) is 94.2 cm³/mol. The number of nitrogens with one attached hydrogen (secondary N) is 2. The van der Waals surface area contributed by atoms with Gasteiger partial charge in [0.05, 0.1) is 12.2 Å². The van der Waals surface area contributed by atoms with Gasteiger partial charge in [0.1, 0.15) is 0 Å². The summed E-state index contributed by atoms with van der Waals surface area (Å²) in [6.45, 7) is 6.33. The zero-order valence-corrected chi connectivity index (χ0v) is 14.9. The minimum absolute atomic E-state index is 0.00302. The summed E-state index contributed by atoms with van der Waals surface area (Å²) in [4.78, 5) is 12.1. The normalized spacial score (nSPS) is 12.3. The van der Waals surface area contributed by atoms with Crippen molar-refractivity contribution < 1.29 is 4.79 Å². The van der Waals surface area contributed by atoms with Gasteiger partial charge in [-0.1, -0.05) is 6.07 Å². The Balaban J connectivity index is 1.55. The number of carbonyl (C=O) groups is 1. The number of hydrogen-bond donors (Lipinski definition) is 2. The molecule has 0 unspecified atom stereocenters. The molecule has 0 spiro atoms. The van der Waals surface area contributed by atoms with Crippen LogP contribution in [0.2, 0.25) is 0 Å². The van der Waals surface area contributed by atoms with Crippen LogP contribution in [0, 0.1) is 13.8 Å². The van der Waals surface area contributed by atoms with Crippen molar-refractivity contribution in [1.29, 1.82) is 0 Å². The molecule has 8 heteroatoms. The van der Waals surface area contributed by atoms with Crippen molar-refractivity contribution in [2.75, 3.05) is 0 Å². The molecule has 2 N–H and O–H groups in total. The Morgan fingerprint density at radius 2 is 2.08 bits per heavy atom. The minimum Gasteiger partial charge on any atom is -0.335 e. The van der Waals surface area contributed by atoms with E-state index in [1.165, 1.54) is 5.56 Å². The van der Waals surface area contributed by atoms with Gasteiger partial charge in [0.25, 0.3) is 0 Å². The molecule has 0 bridgehead atoms. The van der Waals surface area contributed by atoms with Crippen molar-refractivity contribution >= 4 is 11.7 Å². The van der Waals surface area contributed by atoms with E-state index in [4.69, 9.17) is 0 Å². The molecule has 1 atom stereocenters. The lowest BCUT2D eigenvalue weighted by molar-refractivity contribution is 0.237. The van der Waals surface area contributed by atoms with Crippen LogP contribution in [0.15, 0.2) is 24.4 Å². The molecular weight excluding hydrogens is 318 g/mol. The Hall–Kier alpha value is -2.90. The maximum absolute atomic E-state index is 12.1. The van der Waals surface area contributed by atoms with Crippen LogP contribution in [-0.2, 0) is 20.0 Å². The van der Waals surface area contributed by atoms with E-state index < -0.39 is 0 Å². The Bertz CT molecular complexity index is 896. The molecule has 0 saturated heterocycles. The molecule has 25 heavy (non-hydrogen) atoms. The molecule has 3 rings (SSSR count). The first-order valence-electron chi connectivity index (χ1n) is 8.27. The average molecular weight is 341 g/mol. The molecule has 0 aliphatic heterocycles. The number of hydrogen-bond acceptors (Lipinski definition) is 4. The van der Waals surface area contributed by atoms with Crippen LogP contribution in [0.4, 0.5) is 4.79 Å². The largest absolute Gasteiger partial charge is 0.335 e.